The Morgan fingerprint density at radius 1 is 1.12 bits per heavy atom. The molecule has 4 nitrogen and oxygen atoms in total. The molecule has 0 spiro atoms. The van der Waals surface area contributed by atoms with Crippen molar-refractivity contribution >= 4 is 17.6 Å². The van der Waals surface area contributed by atoms with E-state index in [9.17, 15) is 22.4 Å². The highest BCUT2D eigenvalue weighted by Gasteiger charge is 2.32. The van der Waals surface area contributed by atoms with Crippen molar-refractivity contribution in [3.05, 3.63) is 69.8 Å². The maximum atomic E-state index is 14.3. The summed E-state index contributed by atoms with van der Waals surface area (Å²) in [6.45, 7) is 11.4. The Labute approximate surface area is 189 Å². The van der Waals surface area contributed by atoms with Crippen molar-refractivity contribution in [3.8, 4) is 0 Å². The summed E-state index contributed by atoms with van der Waals surface area (Å²) in [5.74, 6) is -8.06. The smallest absolute Gasteiger partial charge is 0.314 e. The topological polar surface area (TPSA) is 52.1 Å². The second-order valence-electron chi connectivity index (χ2n) is 8.72. The standard InChI is InChI=1S/C23H25ClF4N2O2/c1-7-8-12-16(25)18(27)14(19(28)17(12)26)10-32-21(31)15(11(2)3)13-9-29-22(23(4,5)6)30-20(13)24/h7,9,11,15H,1,8,10H2,2-6H3. The quantitative estimate of drug-likeness (QED) is 0.158. The Kier molecular flexibility index (Phi) is 8.04. The molecule has 0 radical (unpaired) electrons. The molecule has 1 atom stereocenters. The molecule has 9 heteroatoms. The van der Waals surface area contributed by atoms with Gasteiger partial charge in [-0.25, -0.2) is 27.5 Å². The van der Waals surface area contributed by atoms with Crippen molar-refractivity contribution in [1.82, 2.24) is 9.97 Å². The molecule has 0 saturated heterocycles. The maximum Gasteiger partial charge on any atom is 0.314 e. The van der Waals surface area contributed by atoms with Gasteiger partial charge in [-0.2, -0.15) is 0 Å². The number of ether oxygens (including phenoxy) is 1. The molecule has 1 aromatic heterocycles. The summed E-state index contributed by atoms with van der Waals surface area (Å²) in [6, 6.07) is 0. The van der Waals surface area contributed by atoms with E-state index in [1.165, 1.54) is 6.20 Å². The minimum atomic E-state index is -1.62. The summed E-state index contributed by atoms with van der Waals surface area (Å²) < 4.78 is 62.0. The predicted molar refractivity (Wildman–Crippen MR) is 113 cm³/mol. The Bertz CT molecular complexity index is 1010. The van der Waals surface area contributed by atoms with E-state index in [1.54, 1.807) is 13.8 Å². The number of aromatic nitrogens is 2. The minimum Gasteiger partial charge on any atom is -0.460 e. The second-order valence-corrected chi connectivity index (χ2v) is 9.08. The number of carbonyl (C=O) groups is 1. The molecule has 0 fully saturated rings. The van der Waals surface area contributed by atoms with E-state index in [1.807, 2.05) is 20.8 Å². The highest BCUT2D eigenvalue weighted by molar-refractivity contribution is 6.30. The molecule has 0 amide bonds. The van der Waals surface area contributed by atoms with Crippen LogP contribution in [-0.2, 0) is 28.0 Å². The lowest BCUT2D eigenvalue weighted by molar-refractivity contribution is -0.148. The van der Waals surface area contributed by atoms with Gasteiger partial charge in [-0.05, 0) is 12.3 Å². The third kappa shape index (κ3) is 5.28. The molecule has 1 heterocycles. The first kappa shape index (κ1) is 25.8. The van der Waals surface area contributed by atoms with Crippen LogP contribution in [-0.4, -0.2) is 15.9 Å². The number of hydrogen-bond donors (Lipinski definition) is 0. The van der Waals surface area contributed by atoms with Gasteiger partial charge in [-0.15, -0.1) is 6.58 Å². The van der Waals surface area contributed by atoms with Crippen molar-refractivity contribution in [3.63, 3.8) is 0 Å². The average molecular weight is 473 g/mol. The summed E-state index contributed by atoms with van der Waals surface area (Å²) in [5.41, 5.74) is -1.90. The van der Waals surface area contributed by atoms with E-state index in [2.05, 4.69) is 16.5 Å². The van der Waals surface area contributed by atoms with Gasteiger partial charge in [0, 0.05) is 22.7 Å². The molecule has 0 saturated carbocycles. The monoisotopic (exact) mass is 472 g/mol. The fraction of sp³-hybridized carbons (Fsp3) is 0.435. The van der Waals surface area contributed by atoms with Gasteiger partial charge in [0.05, 0.1) is 11.5 Å². The number of allylic oxidation sites excluding steroid dienone is 1. The molecular weight excluding hydrogens is 448 g/mol. The molecule has 1 aromatic carbocycles. The van der Waals surface area contributed by atoms with E-state index in [0.29, 0.717) is 5.82 Å². The van der Waals surface area contributed by atoms with E-state index in [-0.39, 0.29) is 22.0 Å². The van der Waals surface area contributed by atoms with Crippen LogP contribution in [0.1, 0.15) is 63.1 Å². The van der Waals surface area contributed by atoms with Crippen molar-refractivity contribution in [1.29, 1.82) is 0 Å². The molecule has 0 aliphatic carbocycles. The zero-order chi connectivity index (χ0) is 24.4. The fourth-order valence-electron chi connectivity index (χ4n) is 3.10. The normalized spacial score (nSPS) is 12.7. The second kappa shape index (κ2) is 9.98. The lowest BCUT2D eigenvalue weighted by atomic mass is 9.89. The number of esters is 1. The van der Waals surface area contributed by atoms with Crippen molar-refractivity contribution in [2.24, 2.45) is 5.92 Å². The summed E-state index contributed by atoms with van der Waals surface area (Å²) in [7, 11) is 0. The van der Waals surface area contributed by atoms with Crippen LogP contribution in [0.15, 0.2) is 18.9 Å². The number of rotatable bonds is 7. The van der Waals surface area contributed by atoms with Crippen LogP contribution in [0.3, 0.4) is 0 Å². The zero-order valence-electron chi connectivity index (χ0n) is 18.5. The largest absolute Gasteiger partial charge is 0.460 e. The third-order valence-corrected chi connectivity index (χ3v) is 5.15. The van der Waals surface area contributed by atoms with Crippen LogP contribution in [0.25, 0.3) is 0 Å². The van der Waals surface area contributed by atoms with Crippen LogP contribution in [0.4, 0.5) is 17.6 Å². The highest BCUT2D eigenvalue weighted by Crippen LogP contribution is 2.32. The SMILES string of the molecule is C=CCc1c(F)c(F)c(COC(=O)C(c2cnc(C(C)(C)C)nc2Cl)C(C)C)c(F)c1F. The van der Waals surface area contributed by atoms with Gasteiger partial charge in [-0.1, -0.05) is 52.3 Å². The van der Waals surface area contributed by atoms with Crippen molar-refractivity contribution < 1.29 is 27.1 Å². The zero-order valence-corrected chi connectivity index (χ0v) is 19.3. The Hall–Kier alpha value is -2.48. The number of benzene rings is 1. The Balaban J connectivity index is 2.34. The average Bonchev–Trinajstić information content (AvgIpc) is 2.70. The van der Waals surface area contributed by atoms with E-state index < -0.39 is 59.3 Å². The summed E-state index contributed by atoms with van der Waals surface area (Å²) in [5, 5.41) is 0.0452. The van der Waals surface area contributed by atoms with E-state index in [0.717, 1.165) is 6.08 Å². The molecule has 2 rings (SSSR count). The molecule has 0 aliphatic rings. The van der Waals surface area contributed by atoms with Crippen LogP contribution >= 0.6 is 11.6 Å². The first-order chi connectivity index (χ1) is 14.8. The molecule has 32 heavy (non-hydrogen) atoms. The molecule has 0 aliphatic heterocycles. The predicted octanol–water partition coefficient (Wildman–Crippen LogP) is 6.20. The van der Waals surface area contributed by atoms with Crippen LogP contribution < -0.4 is 0 Å². The van der Waals surface area contributed by atoms with Crippen LogP contribution in [0.5, 0.6) is 0 Å². The molecule has 0 N–H and O–H groups in total. The Morgan fingerprint density at radius 3 is 2.09 bits per heavy atom. The fourth-order valence-corrected chi connectivity index (χ4v) is 3.35. The molecule has 0 bridgehead atoms. The maximum absolute atomic E-state index is 14.3. The van der Waals surface area contributed by atoms with Gasteiger partial charge in [0.2, 0.25) is 0 Å². The minimum absolute atomic E-state index is 0.0452. The summed E-state index contributed by atoms with van der Waals surface area (Å²) in [4.78, 5) is 21.3. The van der Waals surface area contributed by atoms with Crippen LogP contribution in [0.2, 0.25) is 5.15 Å². The molecule has 174 valence electrons. The third-order valence-electron chi connectivity index (χ3n) is 4.85. The highest BCUT2D eigenvalue weighted by atomic mass is 35.5. The van der Waals surface area contributed by atoms with Gasteiger partial charge in [0.1, 0.15) is 17.6 Å². The molecule has 2 aromatic rings. The number of hydrogen-bond acceptors (Lipinski definition) is 4. The van der Waals surface area contributed by atoms with Gasteiger partial charge < -0.3 is 4.74 Å². The number of carbonyl (C=O) groups excluding carboxylic acids is 1. The summed E-state index contributed by atoms with van der Waals surface area (Å²) >= 11 is 6.29. The first-order valence-corrected chi connectivity index (χ1v) is 10.3. The van der Waals surface area contributed by atoms with Crippen molar-refractivity contribution in [2.45, 2.75) is 59.0 Å². The Morgan fingerprint density at radius 2 is 1.66 bits per heavy atom. The number of halogens is 5. The van der Waals surface area contributed by atoms with E-state index in [4.69, 9.17) is 16.3 Å². The lowest BCUT2D eigenvalue weighted by Crippen LogP contribution is -2.24. The first-order valence-electron chi connectivity index (χ1n) is 9.95. The van der Waals surface area contributed by atoms with Gasteiger partial charge in [0.15, 0.2) is 23.3 Å². The van der Waals surface area contributed by atoms with Crippen molar-refractivity contribution in [2.75, 3.05) is 0 Å². The molecule has 1 unspecified atom stereocenters. The van der Waals surface area contributed by atoms with Gasteiger partial charge >= 0.3 is 5.97 Å². The lowest BCUT2D eigenvalue weighted by Gasteiger charge is -2.22. The van der Waals surface area contributed by atoms with Gasteiger partial charge in [0.25, 0.3) is 0 Å². The van der Waals surface area contributed by atoms with Gasteiger partial charge in [-0.3, -0.25) is 4.79 Å². The van der Waals surface area contributed by atoms with Crippen LogP contribution in [0, 0.1) is 29.2 Å². The summed E-state index contributed by atoms with van der Waals surface area (Å²) in [6.07, 6.45) is 2.13. The molecular formula is C23H25ClF4N2O2. The number of nitrogens with zero attached hydrogens (tertiary/aromatic N) is 2. The van der Waals surface area contributed by atoms with E-state index >= 15 is 0 Å².